The van der Waals surface area contributed by atoms with Crippen molar-refractivity contribution in [1.82, 2.24) is 0 Å². The van der Waals surface area contributed by atoms with E-state index in [1.807, 2.05) is 20.8 Å². The van der Waals surface area contributed by atoms with E-state index in [9.17, 15) is 10.2 Å². The lowest BCUT2D eigenvalue weighted by atomic mass is 9.80. The predicted molar refractivity (Wildman–Crippen MR) is 62.8 cm³/mol. The van der Waals surface area contributed by atoms with Crippen LogP contribution in [0.15, 0.2) is 0 Å². The first-order chi connectivity index (χ1) is 7.82. The Bertz CT molecular complexity index is 236. The summed E-state index contributed by atoms with van der Waals surface area (Å²) in [6.45, 7) is 6.29. The van der Waals surface area contributed by atoms with E-state index < -0.39 is 24.4 Å². The van der Waals surface area contributed by atoms with E-state index in [1.165, 1.54) is 14.2 Å². The van der Waals surface area contributed by atoms with Gasteiger partial charge in [-0.25, -0.2) is 0 Å². The molecule has 0 aromatic rings. The van der Waals surface area contributed by atoms with E-state index >= 15 is 0 Å². The molecular weight excluding hydrogens is 224 g/mol. The number of aliphatic hydroxyl groups is 2. The van der Waals surface area contributed by atoms with Crippen molar-refractivity contribution in [2.24, 2.45) is 5.41 Å². The molecule has 1 aliphatic heterocycles. The fourth-order valence-electron chi connectivity index (χ4n) is 2.20. The first kappa shape index (κ1) is 14.9. The summed E-state index contributed by atoms with van der Waals surface area (Å²) in [6, 6.07) is 0. The summed E-state index contributed by atoms with van der Waals surface area (Å²) in [5, 5.41) is 20.0. The zero-order chi connectivity index (χ0) is 13.2. The minimum absolute atomic E-state index is 0.187. The molecule has 5 unspecified atom stereocenters. The first-order valence-corrected chi connectivity index (χ1v) is 5.86. The van der Waals surface area contributed by atoms with Crippen LogP contribution in [0.5, 0.6) is 0 Å². The fraction of sp³-hybridized carbons (Fsp3) is 1.00. The number of hydrogen-bond donors (Lipinski definition) is 2. The fourth-order valence-corrected chi connectivity index (χ4v) is 2.20. The van der Waals surface area contributed by atoms with E-state index in [-0.39, 0.29) is 18.1 Å². The number of aliphatic hydroxyl groups excluding tert-OH is 2. The second kappa shape index (κ2) is 5.63. The van der Waals surface area contributed by atoms with Gasteiger partial charge < -0.3 is 24.4 Å². The Balaban J connectivity index is 2.88. The van der Waals surface area contributed by atoms with Gasteiger partial charge in [0.25, 0.3) is 0 Å². The van der Waals surface area contributed by atoms with Crippen molar-refractivity contribution in [3.63, 3.8) is 0 Å². The molecule has 1 fully saturated rings. The van der Waals surface area contributed by atoms with Crippen LogP contribution < -0.4 is 0 Å². The molecule has 5 atom stereocenters. The van der Waals surface area contributed by atoms with Crippen molar-refractivity contribution in [3.8, 4) is 0 Å². The van der Waals surface area contributed by atoms with Gasteiger partial charge in [-0.1, -0.05) is 20.8 Å². The zero-order valence-corrected chi connectivity index (χ0v) is 11.2. The Morgan fingerprint density at radius 2 is 1.71 bits per heavy atom. The van der Waals surface area contributed by atoms with Crippen molar-refractivity contribution in [2.45, 2.75) is 51.3 Å². The Kier molecular flexibility index (Phi) is 4.92. The predicted octanol–water partition coefficient (Wildman–Crippen LogP) is 0.183. The van der Waals surface area contributed by atoms with Gasteiger partial charge in [-0.3, -0.25) is 0 Å². The first-order valence-electron chi connectivity index (χ1n) is 5.86. The summed E-state index contributed by atoms with van der Waals surface area (Å²) in [4.78, 5) is 0. The third-order valence-corrected chi connectivity index (χ3v) is 3.14. The molecule has 17 heavy (non-hydrogen) atoms. The van der Waals surface area contributed by atoms with Crippen molar-refractivity contribution in [3.05, 3.63) is 0 Å². The number of rotatable bonds is 3. The van der Waals surface area contributed by atoms with Crippen LogP contribution in [0.3, 0.4) is 0 Å². The second-order valence-corrected chi connectivity index (χ2v) is 5.60. The summed E-state index contributed by atoms with van der Waals surface area (Å²) in [5.74, 6) is 0. The van der Waals surface area contributed by atoms with Crippen molar-refractivity contribution >= 4 is 0 Å². The topological polar surface area (TPSA) is 68.2 Å². The Hall–Kier alpha value is -0.200. The summed E-state index contributed by atoms with van der Waals surface area (Å²) in [7, 11) is 3.05. The maximum absolute atomic E-state index is 10.1. The normalized spacial score (nSPS) is 39.4. The third kappa shape index (κ3) is 3.17. The van der Waals surface area contributed by atoms with Crippen molar-refractivity contribution in [2.75, 3.05) is 20.8 Å². The quantitative estimate of drug-likeness (QED) is 0.746. The van der Waals surface area contributed by atoms with E-state index in [0.29, 0.717) is 0 Å². The SMILES string of the molecule is COCC1OC(C(C)(C)C)C(OC)C(O)C1O. The lowest BCUT2D eigenvalue weighted by Gasteiger charge is -2.47. The average molecular weight is 248 g/mol. The highest BCUT2D eigenvalue weighted by Crippen LogP contribution is 2.34. The van der Waals surface area contributed by atoms with Crippen molar-refractivity contribution < 1.29 is 24.4 Å². The Morgan fingerprint density at radius 3 is 2.12 bits per heavy atom. The minimum atomic E-state index is -0.988. The molecule has 102 valence electrons. The van der Waals surface area contributed by atoms with Crippen LogP contribution in [0.4, 0.5) is 0 Å². The second-order valence-electron chi connectivity index (χ2n) is 5.60. The number of hydrogen-bond acceptors (Lipinski definition) is 5. The molecule has 0 aromatic carbocycles. The third-order valence-electron chi connectivity index (χ3n) is 3.14. The summed E-state index contributed by atoms with van der Waals surface area (Å²) in [6.07, 6.45) is -3.29. The van der Waals surface area contributed by atoms with Crippen LogP contribution in [0.2, 0.25) is 0 Å². The lowest BCUT2D eigenvalue weighted by Crippen LogP contribution is -2.62. The van der Waals surface area contributed by atoms with E-state index in [2.05, 4.69) is 0 Å². The van der Waals surface area contributed by atoms with Crippen LogP contribution in [0.1, 0.15) is 20.8 Å². The van der Waals surface area contributed by atoms with E-state index in [4.69, 9.17) is 14.2 Å². The van der Waals surface area contributed by atoms with Gasteiger partial charge in [-0.15, -0.1) is 0 Å². The molecule has 0 bridgehead atoms. The average Bonchev–Trinajstić information content (AvgIpc) is 2.23. The molecule has 1 rings (SSSR count). The molecule has 0 amide bonds. The molecule has 0 aromatic heterocycles. The minimum Gasteiger partial charge on any atom is -0.388 e. The summed E-state index contributed by atoms with van der Waals surface area (Å²) >= 11 is 0. The standard InChI is InChI=1S/C12H24O5/c1-12(2,3)11-10(16-5)9(14)8(13)7(17-11)6-15-4/h7-11,13-14H,6H2,1-5H3. The highest BCUT2D eigenvalue weighted by molar-refractivity contribution is 4.97. The van der Waals surface area contributed by atoms with Crippen LogP contribution in [-0.4, -0.2) is 61.6 Å². The van der Waals surface area contributed by atoms with Gasteiger partial charge in [-0.05, 0) is 5.41 Å². The molecule has 5 heteroatoms. The van der Waals surface area contributed by atoms with Crippen LogP contribution in [-0.2, 0) is 14.2 Å². The highest BCUT2D eigenvalue weighted by Gasteiger charge is 2.48. The van der Waals surface area contributed by atoms with Gasteiger partial charge in [0.05, 0.1) is 12.7 Å². The molecule has 2 N–H and O–H groups in total. The van der Waals surface area contributed by atoms with Gasteiger partial charge >= 0.3 is 0 Å². The highest BCUT2D eigenvalue weighted by atomic mass is 16.6. The molecule has 0 saturated carbocycles. The monoisotopic (exact) mass is 248 g/mol. The molecule has 1 aliphatic rings. The number of ether oxygens (including phenoxy) is 3. The van der Waals surface area contributed by atoms with E-state index in [0.717, 1.165) is 0 Å². The maximum atomic E-state index is 10.1. The summed E-state index contributed by atoms with van der Waals surface area (Å²) < 4.78 is 16.1. The largest absolute Gasteiger partial charge is 0.388 e. The molecule has 0 radical (unpaired) electrons. The maximum Gasteiger partial charge on any atom is 0.112 e. The smallest absolute Gasteiger partial charge is 0.112 e. The molecule has 1 saturated heterocycles. The zero-order valence-electron chi connectivity index (χ0n) is 11.2. The Morgan fingerprint density at radius 1 is 1.12 bits per heavy atom. The van der Waals surface area contributed by atoms with Gasteiger partial charge in [0.15, 0.2) is 0 Å². The molecular formula is C12H24O5. The Labute approximate surface area is 103 Å². The van der Waals surface area contributed by atoms with Gasteiger partial charge in [0, 0.05) is 14.2 Å². The molecule has 1 heterocycles. The van der Waals surface area contributed by atoms with Crippen molar-refractivity contribution in [1.29, 1.82) is 0 Å². The van der Waals surface area contributed by atoms with Crippen LogP contribution >= 0.6 is 0 Å². The molecule has 0 spiro atoms. The summed E-state index contributed by atoms with van der Waals surface area (Å²) in [5.41, 5.74) is -0.187. The van der Waals surface area contributed by atoms with Gasteiger partial charge in [-0.2, -0.15) is 0 Å². The van der Waals surface area contributed by atoms with E-state index in [1.54, 1.807) is 0 Å². The molecule has 0 aliphatic carbocycles. The molecule has 5 nitrogen and oxygen atoms in total. The van der Waals surface area contributed by atoms with Gasteiger partial charge in [0.2, 0.25) is 0 Å². The van der Waals surface area contributed by atoms with Crippen LogP contribution in [0, 0.1) is 5.41 Å². The lowest BCUT2D eigenvalue weighted by molar-refractivity contribution is -0.257. The van der Waals surface area contributed by atoms with Crippen LogP contribution in [0.25, 0.3) is 0 Å². The number of methoxy groups -OCH3 is 2. The van der Waals surface area contributed by atoms with Gasteiger partial charge in [0.1, 0.15) is 24.4 Å².